The van der Waals surface area contributed by atoms with E-state index in [0.717, 1.165) is 32.5 Å². The van der Waals surface area contributed by atoms with Gasteiger partial charge in [0.1, 0.15) is 11.6 Å². The van der Waals surface area contributed by atoms with Gasteiger partial charge in [-0.1, -0.05) is 0 Å². The summed E-state index contributed by atoms with van der Waals surface area (Å²) in [7, 11) is 0. The molecule has 3 N–H and O–H groups in total. The molecule has 3 unspecified atom stereocenters. The molecule has 2 bridgehead atoms. The molecule has 0 spiro atoms. The molecule has 2 aliphatic rings. The van der Waals surface area contributed by atoms with Gasteiger partial charge in [-0.15, -0.1) is 0 Å². The van der Waals surface area contributed by atoms with Crippen molar-refractivity contribution in [2.24, 2.45) is 11.7 Å². The summed E-state index contributed by atoms with van der Waals surface area (Å²) in [6, 6.07) is 2.05. The number of amides is 1. The predicted octanol–water partition coefficient (Wildman–Crippen LogP) is 1.57. The van der Waals surface area contributed by atoms with Gasteiger partial charge in [0, 0.05) is 25.2 Å². The second-order valence-corrected chi connectivity index (χ2v) is 5.57. The first-order valence-corrected chi connectivity index (χ1v) is 6.82. The van der Waals surface area contributed by atoms with Gasteiger partial charge in [0.2, 0.25) is 0 Å². The molecule has 3 rings (SSSR count). The second kappa shape index (κ2) is 5.01. The number of nitrogens with one attached hydrogen (secondary N) is 1. The molecule has 2 saturated heterocycles. The van der Waals surface area contributed by atoms with Crippen molar-refractivity contribution >= 4 is 11.6 Å². The van der Waals surface area contributed by atoms with E-state index >= 15 is 0 Å². The molecule has 2 fully saturated rings. The molecule has 2 heterocycles. The summed E-state index contributed by atoms with van der Waals surface area (Å²) in [4.78, 5) is 13.5. The highest BCUT2D eigenvalue weighted by Crippen LogP contribution is 2.30. The number of nitrogens with two attached hydrogens (primary N) is 1. The van der Waals surface area contributed by atoms with Gasteiger partial charge in [0.15, 0.2) is 0 Å². The number of fused-ring (bicyclic) bond motifs is 2. The van der Waals surface area contributed by atoms with Crippen LogP contribution in [0.15, 0.2) is 12.1 Å². The fourth-order valence-electron chi connectivity index (χ4n) is 3.19. The van der Waals surface area contributed by atoms with Crippen LogP contribution in [0.3, 0.4) is 0 Å². The molecule has 2 aliphatic heterocycles. The van der Waals surface area contributed by atoms with Crippen molar-refractivity contribution in [1.82, 2.24) is 4.90 Å². The molecule has 0 aliphatic carbocycles. The lowest BCUT2D eigenvalue weighted by Crippen LogP contribution is -2.39. The first kappa shape index (κ1) is 13.3. The summed E-state index contributed by atoms with van der Waals surface area (Å²) in [5.74, 6) is -2.02. The van der Waals surface area contributed by atoms with Crippen molar-refractivity contribution in [2.75, 3.05) is 25.0 Å². The van der Waals surface area contributed by atoms with Gasteiger partial charge in [0.05, 0.1) is 11.3 Å². The zero-order valence-corrected chi connectivity index (χ0v) is 11.0. The Morgan fingerprint density at radius 2 is 2.00 bits per heavy atom. The topological polar surface area (TPSA) is 58.4 Å². The monoisotopic (exact) mass is 281 g/mol. The van der Waals surface area contributed by atoms with Gasteiger partial charge in [0.25, 0.3) is 5.91 Å². The summed E-state index contributed by atoms with van der Waals surface area (Å²) in [6.07, 6.45) is 2.01. The fourth-order valence-corrected chi connectivity index (χ4v) is 3.19. The van der Waals surface area contributed by atoms with Crippen molar-refractivity contribution < 1.29 is 13.6 Å². The maximum Gasteiger partial charge on any atom is 0.251 e. The van der Waals surface area contributed by atoms with Crippen LogP contribution in [0, 0.1) is 17.6 Å². The average molecular weight is 281 g/mol. The highest BCUT2D eigenvalue weighted by Gasteiger charge is 2.34. The number of nitrogens with zero attached hydrogens (tertiary/aromatic N) is 1. The van der Waals surface area contributed by atoms with Gasteiger partial charge >= 0.3 is 0 Å². The lowest BCUT2D eigenvalue weighted by Gasteiger charge is -2.31. The van der Waals surface area contributed by atoms with Crippen LogP contribution in [0.1, 0.15) is 23.2 Å². The second-order valence-electron chi connectivity index (χ2n) is 5.57. The number of benzene rings is 1. The number of anilines is 1. The van der Waals surface area contributed by atoms with Crippen LogP contribution >= 0.6 is 0 Å². The SMILES string of the molecule is NC(=O)c1cc(NC2CCN3CCC2C3)c(F)cc1F. The smallest absolute Gasteiger partial charge is 0.251 e. The van der Waals surface area contributed by atoms with E-state index in [9.17, 15) is 13.6 Å². The lowest BCUT2D eigenvalue weighted by atomic mass is 9.94. The molecule has 4 nitrogen and oxygen atoms in total. The molecule has 0 aromatic heterocycles. The van der Waals surface area contributed by atoms with E-state index in [2.05, 4.69) is 10.2 Å². The van der Waals surface area contributed by atoms with Crippen molar-refractivity contribution in [3.63, 3.8) is 0 Å². The van der Waals surface area contributed by atoms with Gasteiger partial charge in [-0.3, -0.25) is 4.79 Å². The number of primary amides is 1. The maximum atomic E-state index is 13.8. The van der Waals surface area contributed by atoms with Crippen LogP contribution < -0.4 is 11.1 Å². The van der Waals surface area contributed by atoms with E-state index in [0.29, 0.717) is 12.0 Å². The van der Waals surface area contributed by atoms with E-state index in [1.54, 1.807) is 0 Å². The first-order valence-electron chi connectivity index (χ1n) is 6.82. The van der Waals surface area contributed by atoms with Crippen LogP contribution in [0.25, 0.3) is 0 Å². The summed E-state index contributed by atoms with van der Waals surface area (Å²) in [5, 5.41) is 3.12. The summed E-state index contributed by atoms with van der Waals surface area (Å²) >= 11 is 0. The van der Waals surface area contributed by atoms with Crippen LogP contribution in [-0.2, 0) is 0 Å². The Labute approximate surface area is 115 Å². The van der Waals surface area contributed by atoms with E-state index in [-0.39, 0.29) is 17.3 Å². The molecule has 20 heavy (non-hydrogen) atoms. The Morgan fingerprint density at radius 1 is 1.25 bits per heavy atom. The molecule has 6 heteroatoms. The number of rotatable bonds is 3. The minimum Gasteiger partial charge on any atom is -0.380 e. The molecule has 0 saturated carbocycles. The van der Waals surface area contributed by atoms with Crippen LogP contribution in [-0.4, -0.2) is 36.5 Å². The highest BCUT2D eigenvalue weighted by atomic mass is 19.1. The predicted molar refractivity (Wildman–Crippen MR) is 71.5 cm³/mol. The van der Waals surface area contributed by atoms with Gasteiger partial charge in [-0.05, 0) is 31.4 Å². The standard InChI is InChI=1S/C14H17F2N3O/c15-10-6-11(16)13(5-9(10)14(17)20)18-12-2-4-19-3-1-8(12)7-19/h5-6,8,12,18H,1-4,7H2,(H2,17,20). The Hall–Kier alpha value is -1.69. The quantitative estimate of drug-likeness (QED) is 0.884. The number of halogens is 2. The van der Waals surface area contributed by atoms with Crippen LogP contribution in [0.5, 0.6) is 0 Å². The van der Waals surface area contributed by atoms with E-state index < -0.39 is 17.5 Å². The Balaban J connectivity index is 1.83. The summed E-state index contributed by atoms with van der Waals surface area (Å²) < 4.78 is 27.3. The minimum absolute atomic E-state index is 0.158. The zero-order chi connectivity index (χ0) is 14.3. The largest absolute Gasteiger partial charge is 0.380 e. The summed E-state index contributed by atoms with van der Waals surface area (Å²) in [6.45, 7) is 3.09. The molecule has 0 radical (unpaired) electrons. The van der Waals surface area contributed by atoms with Gasteiger partial charge in [-0.25, -0.2) is 8.78 Å². The normalized spacial score (nSPS) is 28.4. The van der Waals surface area contributed by atoms with Crippen molar-refractivity contribution in [3.8, 4) is 0 Å². The third kappa shape index (κ3) is 2.35. The lowest BCUT2D eigenvalue weighted by molar-refractivity contribution is 0.0996. The molecule has 3 atom stereocenters. The number of carbonyl (C=O) groups excluding carboxylic acids is 1. The fraction of sp³-hybridized carbons (Fsp3) is 0.500. The third-order valence-electron chi connectivity index (χ3n) is 4.30. The van der Waals surface area contributed by atoms with Gasteiger partial charge < -0.3 is 16.0 Å². The Bertz CT molecular complexity index is 549. The first-order chi connectivity index (χ1) is 9.54. The van der Waals surface area contributed by atoms with Gasteiger partial charge in [-0.2, -0.15) is 0 Å². The Kier molecular flexibility index (Phi) is 3.33. The van der Waals surface area contributed by atoms with Crippen molar-refractivity contribution in [2.45, 2.75) is 18.9 Å². The summed E-state index contributed by atoms with van der Waals surface area (Å²) in [5.41, 5.74) is 4.97. The third-order valence-corrected chi connectivity index (χ3v) is 4.30. The van der Waals surface area contributed by atoms with Crippen LogP contribution in [0.2, 0.25) is 0 Å². The van der Waals surface area contributed by atoms with Crippen LogP contribution in [0.4, 0.5) is 14.5 Å². The number of hydrogen-bond acceptors (Lipinski definition) is 3. The molecule has 108 valence electrons. The zero-order valence-electron chi connectivity index (χ0n) is 11.0. The molecular formula is C14H17F2N3O. The molecule has 1 aromatic carbocycles. The molecular weight excluding hydrogens is 264 g/mol. The number of carbonyl (C=O) groups is 1. The number of piperidine rings is 1. The molecule has 1 aromatic rings. The maximum absolute atomic E-state index is 13.8. The van der Waals surface area contributed by atoms with E-state index in [1.807, 2.05) is 0 Å². The van der Waals surface area contributed by atoms with E-state index in [4.69, 9.17) is 5.73 Å². The average Bonchev–Trinajstić information content (AvgIpc) is 2.78. The Morgan fingerprint density at radius 3 is 2.75 bits per heavy atom. The number of hydrogen-bond donors (Lipinski definition) is 2. The van der Waals surface area contributed by atoms with Crippen molar-refractivity contribution in [1.29, 1.82) is 0 Å². The highest BCUT2D eigenvalue weighted by molar-refractivity contribution is 5.94. The van der Waals surface area contributed by atoms with E-state index in [1.165, 1.54) is 6.07 Å². The van der Waals surface area contributed by atoms with Crippen molar-refractivity contribution in [3.05, 3.63) is 29.3 Å². The molecule has 1 amide bonds. The minimum atomic E-state index is -0.920.